The van der Waals surface area contributed by atoms with Gasteiger partial charge in [-0.3, -0.25) is 0 Å². The van der Waals surface area contributed by atoms with Gasteiger partial charge in [-0.2, -0.15) is 0 Å². The van der Waals surface area contributed by atoms with Crippen molar-refractivity contribution in [2.45, 2.75) is 0 Å². The van der Waals surface area contributed by atoms with E-state index in [0.29, 0.717) is 17.5 Å². The van der Waals surface area contributed by atoms with Crippen LogP contribution >= 0.6 is 0 Å². The number of benzene rings is 8. The number of aromatic nitrogens is 4. The van der Waals surface area contributed by atoms with Gasteiger partial charge in [-0.1, -0.05) is 127 Å². The maximum atomic E-state index is 6.88. The molecule has 0 amide bonds. The van der Waals surface area contributed by atoms with Gasteiger partial charge in [-0.15, -0.1) is 0 Å². The Labute approximate surface area is 313 Å². The molecule has 12 aromatic rings. The fraction of sp³-hybridized carbons (Fsp3) is 0. The predicted molar refractivity (Wildman–Crippen MR) is 223 cm³/mol. The van der Waals surface area contributed by atoms with Crippen molar-refractivity contribution in [3.8, 4) is 39.9 Å². The molecular formula is C49H28N4O2. The molecule has 0 atom stereocenters. The number of nitrogens with zero attached hydrogens (tertiary/aromatic N) is 4. The maximum Gasteiger partial charge on any atom is 0.164 e. The summed E-state index contributed by atoms with van der Waals surface area (Å²) in [6.45, 7) is 0. The fourth-order valence-corrected chi connectivity index (χ4v) is 8.40. The Morgan fingerprint density at radius 3 is 1.76 bits per heavy atom. The van der Waals surface area contributed by atoms with Gasteiger partial charge in [0.1, 0.15) is 16.7 Å². The molecule has 0 radical (unpaired) electrons. The van der Waals surface area contributed by atoms with E-state index in [4.69, 9.17) is 23.8 Å². The zero-order chi connectivity index (χ0) is 36.0. The van der Waals surface area contributed by atoms with Crippen LogP contribution in [0.5, 0.6) is 0 Å². The zero-order valence-electron chi connectivity index (χ0n) is 29.3. The summed E-state index contributed by atoms with van der Waals surface area (Å²) < 4.78 is 15.5. The van der Waals surface area contributed by atoms with E-state index in [1.807, 2.05) is 72.8 Å². The predicted octanol–water partition coefficient (Wildman–Crippen LogP) is 12.9. The molecule has 0 saturated heterocycles. The third kappa shape index (κ3) is 4.46. The smallest absolute Gasteiger partial charge is 0.164 e. The van der Waals surface area contributed by atoms with E-state index in [0.717, 1.165) is 77.3 Å². The molecule has 0 unspecified atom stereocenters. The molecule has 0 aliphatic rings. The summed E-state index contributed by atoms with van der Waals surface area (Å²) in [6, 6.07) is 58.5. The average Bonchev–Trinajstić information content (AvgIpc) is 3.92. The first-order valence-corrected chi connectivity index (χ1v) is 18.4. The minimum absolute atomic E-state index is 0.565. The second kappa shape index (κ2) is 11.5. The molecule has 0 fully saturated rings. The zero-order valence-corrected chi connectivity index (χ0v) is 29.3. The molecule has 55 heavy (non-hydrogen) atoms. The molecule has 8 aromatic carbocycles. The number of hydrogen-bond acceptors (Lipinski definition) is 5. The molecule has 4 aromatic heterocycles. The number of fused-ring (bicyclic) bond motifs is 10. The Morgan fingerprint density at radius 1 is 0.382 bits per heavy atom. The number of para-hydroxylation sites is 3. The van der Waals surface area contributed by atoms with Crippen molar-refractivity contribution in [2.24, 2.45) is 0 Å². The Bertz CT molecular complexity index is 3500. The molecule has 12 rings (SSSR count). The fourth-order valence-electron chi connectivity index (χ4n) is 8.40. The lowest BCUT2D eigenvalue weighted by Crippen LogP contribution is -2.00. The van der Waals surface area contributed by atoms with E-state index >= 15 is 0 Å². The highest BCUT2D eigenvalue weighted by Gasteiger charge is 2.23. The molecule has 0 spiro atoms. The van der Waals surface area contributed by atoms with E-state index < -0.39 is 0 Å². The van der Waals surface area contributed by atoms with Gasteiger partial charge in [0.15, 0.2) is 23.1 Å². The van der Waals surface area contributed by atoms with Crippen LogP contribution < -0.4 is 0 Å². The summed E-state index contributed by atoms with van der Waals surface area (Å²) in [5, 5.41) is 8.74. The maximum absolute atomic E-state index is 6.88. The number of rotatable bonds is 4. The van der Waals surface area contributed by atoms with Crippen molar-refractivity contribution < 1.29 is 8.83 Å². The van der Waals surface area contributed by atoms with Crippen molar-refractivity contribution in [1.29, 1.82) is 0 Å². The second-order valence-corrected chi connectivity index (χ2v) is 14.0. The molecule has 256 valence electrons. The van der Waals surface area contributed by atoms with Gasteiger partial charge in [0.05, 0.1) is 16.7 Å². The summed E-state index contributed by atoms with van der Waals surface area (Å²) in [6.07, 6.45) is 0. The summed E-state index contributed by atoms with van der Waals surface area (Å²) in [7, 11) is 0. The van der Waals surface area contributed by atoms with Gasteiger partial charge < -0.3 is 13.4 Å². The Hall–Kier alpha value is -7.57. The highest BCUT2D eigenvalue weighted by Crippen LogP contribution is 2.42. The van der Waals surface area contributed by atoms with Crippen molar-refractivity contribution in [3.63, 3.8) is 0 Å². The van der Waals surface area contributed by atoms with Crippen LogP contribution in [0.1, 0.15) is 0 Å². The Balaban J connectivity index is 1.13. The topological polar surface area (TPSA) is 69.9 Å². The Kier molecular flexibility index (Phi) is 6.24. The first kappa shape index (κ1) is 29.9. The standard InChI is InChI=1S/C49H28N4O2/c1-2-13-29(14-3-1)47-50-48(35-20-11-25-42-44(35)33-18-7-9-24-41(33)54-42)52-49(51-47)36-21-12-26-43-45(36)34-19-10-23-39(46(34)55-43)53-38-22-8-6-17-32(38)37-27-30-15-4-5-16-31(30)28-40(37)53/h1-28H. The second-order valence-electron chi connectivity index (χ2n) is 14.0. The summed E-state index contributed by atoms with van der Waals surface area (Å²) in [4.78, 5) is 15.5. The first-order valence-electron chi connectivity index (χ1n) is 18.4. The van der Waals surface area contributed by atoms with Crippen molar-refractivity contribution in [1.82, 2.24) is 19.5 Å². The minimum Gasteiger partial charge on any atom is -0.456 e. The van der Waals surface area contributed by atoms with Gasteiger partial charge in [-0.25, -0.2) is 15.0 Å². The molecule has 0 saturated carbocycles. The van der Waals surface area contributed by atoms with E-state index in [-0.39, 0.29) is 0 Å². The molecule has 6 heteroatoms. The molecule has 0 aliphatic carbocycles. The van der Waals surface area contributed by atoms with Gasteiger partial charge >= 0.3 is 0 Å². The van der Waals surface area contributed by atoms with Gasteiger partial charge in [0.2, 0.25) is 0 Å². The lowest BCUT2D eigenvalue weighted by molar-refractivity contribution is 0.666. The molecular weight excluding hydrogens is 677 g/mol. The average molecular weight is 705 g/mol. The van der Waals surface area contributed by atoms with E-state index in [1.54, 1.807) is 0 Å². The van der Waals surface area contributed by atoms with Crippen LogP contribution in [0, 0.1) is 0 Å². The van der Waals surface area contributed by atoms with Crippen LogP contribution in [0.2, 0.25) is 0 Å². The number of hydrogen-bond donors (Lipinski definition) is 0. The molecule has 6 nitrogen and oxygen atoms in total. The highest BCUT2D eigenvalue weighted by atomic mass is 16.3. The summed E-state index contributed by atoms with van der Waals surface area (Å²) in [5.41, 5.74) is 9.05. The SMILES string of the molecule is c1ccc(-c2nc(-c3cccc4oc5ccccc5c34)nc(-c3cccc4oc5c(-n6c7ccccc7c7cc8ccccc8cc76)cccc5c34)n2)cc1. The van der Waals surface area contributed by atoms with Crippen molar-refractivity contribution >= 4 is 76.5 Å². The largest absolute Gasteiger partial charge is 0.456 e. The Morgan fingerprint density at radius 2 is 0.964 bits per heavy atom. The van der Waals surface area contributed by atoms with Crippen LogP contribution in [0.25, 0.3) is 116 Å². The molecule has 0 aliphatic heterocycles. The third-order valence-corrected chi connectivity index (χ3v) is 10.8. The monoisotopic (exact) mass is 704 g/mol. The van der Waals surface area contributed by atoms with Gasteiger partial charge in [0.25, 0.3) is 0 Å². The van der Waals surface area contributed by atoms with E-state index in [1.165, 1.54) is 21.5 Å². The van der Waals surface area contributed by atoms with E-state index in [2.05, 4.69) is 102 Å². The van der Waals surface area contributed by atoms with Crippen LogP contribution in [0.4, 0.5) is 0 Å². The highest BCUT2D eigenvalue weighted by molar-refractivity contribution is 6.17. The minimum atomic E-state index is 0.565. The van der Waals surface area contributed by atoms with E-state index in [9.17, 15) is 0 Å². The van der Waals surface area contributed by atoms with Crippen molar-refractivity contribution in [2.75, 3.05) is 0 Å². The quantitative estimate of drug-likeness (QED) is 0.182. The van der Waals surface area contributed by atoms with Gasteiger partial charge in [-0.05, 0) is 53.2 Å². The van der Waals surface area contributed by atoms with Crippen LogP contribution in [0.15, 0.2) is 179 Å². The van der Waals surface area contributed by atoms with Crippen LogP contribution in [-0.2, 0) is 0 Å². The van der Waals surface area contributed by atoms with Crippen LogP contribution in [0.3, 0.4) is 0 Å². The lowest BCUT2D eigenvalue weighted by atomic mass is 10.0. The molecule has 4 heterocycles. The number of furan rings is 2. The summed E-state index contributed by atoms with van der Waals surface area (Å²) >= 11 is 0. The molecule has 0 N–H and O–H groups in total. The lowest BCUT2D eigenvalue weighted by Gasteiger charge is -2.10. The molecule has 0 bridgehead atoms. The summed E-state index contributed by atoms with van der Waals surface area (Å²) in [5.74, 6) is 1.73. The van der Waals surface area contributed by atoms with Crippen molar-refractivity contribution in [3.05, 3.63) is 170 Å². The van der Waals surface area contributed by atoms with Crippen LogP contribution in [-0.4, -0.2) is 19.5 Å². The normalized spacial score (nSPS) is 12.0. The first-order chi connectivity index (χ1) is 27.3. The third-order valence-electron chi connectivity index (χ3n) is 10.8. The van der Waals surface area contributed by atoms with Gasteiger partial charge in [0, 0.05) is 49.0 Å².